The molecule has 4 saturated carbocycles. The van der Waals surface area contributed by atoms with E-state index in [0.29, 0.717) is 22.4 Å². The van der Waals surface area contributed by atoms with Crippen molar-refractivity contribution in [2.75, 3.05) is 0 Å². The van der Waals surface area contributed by atoms with E-state index in [4.69, 9.17) is 9.51 Å². The zero-order valence-corrected chi connectivity index (χ0v) is 16.8. The first-order valence-corrected chi connectivity index (χ1v) is 10.5. The highest BCUT2D eigenvalue weighted by Crippen LogP contribution is 2.64. The average Bonchev–Trinajstić information content (AvgIpc) is 3.31. The summed E-state index contributed by atoms with van der Waals surface area (Å²) in [6.45, 7) is 0. The van der Waals surface area contributed by atoms with E-state index in [1.165, 1.54) is 18.6 Å². The maximum Gasteiger partial charge on any atom is 0.233 e. The van der Waals surface area contributed by atoms with E-state index in [1.807, 2.05) is 6.33 Å². The first-order valence-electron chi connectivity index (χ1n) is 9.71. The highest BCUT2D eigenvalue weighted by atomic mass is 79.9. The predicted molar refractivity (Wildman–Crippen MR) is 102 cm³/mol. The summed E-state index contributed by atoms with van der Waals surface area (Å²) in [5.74, 6) is 2.28. The number of halogens is 2. The molecule has 7 rings (SSSR count). The van der Waals surface area contributed by atoms with E-state index in [9.17, 15) is 4.39 Å². The van der Waals surface area contributed by atoms with Crippen molar-refractivity contribution in [1.29, 1.82) is 0 Å². The van der Waals surface area contributed by atoms with Crippen LogP contribution in [0.5, 0.6) is 0 Å². The molecule has 2 heterocycles. The number of hydrogen-bond donors (Lipinski definition) is 0. The molecule has 2 unspecified atom stereocenters. The lowest BCUT2D eigenvalue weighted by Gasteiger charge is -2.60. The second-order valence-corrected chi connectivity index (χ2v) is 9.56. The number of nitrogens with zero attached hydrogens (tertiary/aromatic N) is 5. The summed E-state index contributed by atoms with van der Waals surface area (Å²) in [5, 5.41) is 8.83. The van der Waals surface area contributed by atoms with Crippen LogP contribution < -0.4 is 0 Å². The summed E-state index contributed by atoms with van der Waals surface area (Å²) in [6.07, 6.45) is 8.53. The van der Waals surface area contributed by atoms with Gasteiger partial charge in [0.05, 0.1) is 11.0 Å². The molecule has 2 atom stereocenters. The Bertz CT molecular complexity index is 1030. The first kappa shape index (κ1) is 16.8. The van der Waals surface area contributed by atoms with Crippen molar-refractivity contribution < 1.29 is 8.91 Å². The monoisotopic (exact) mass is 443 g/mol. The highest BCUT2D eigenvalue weighted by Gasteiger charge is 2.61. The van der Waals surface area contributed by atoms with E-state index in [0.717, 1.165) is 43.6 Å². The lowest BCUT2D eigenvalue weighted by atomic mass is 9.47. The topological polar surface area (TPSA) is 69.6 Å². The molecule has 0 radical (unpaired) electrons. The minimum atomic E-state index is -0.269. The molecule has 1 aromatic carbocycles. The summed E-state index contributed by atoms with van der Waals surface area (Å²) in [5.41, 5.74) is 0.651. The Labute approximate surface area is 169 Å². The normalized spacial score (nSPS) is 33.5. The van der Waals surface area contributed by atoms with Crippen LogP contribution in [0.1, 0.15) is 44.4 Å². The van der Waals surface area contributed by atoms with Gasteiger partial charge in [-0.2, -0.15) is 4.98 Å². The van der Waals surface area contributed by atoms with Crippen LogP contribution >= 0.6 is 15.9 Å². The predicted octanol–water partition coefficient (Wildman–Crippen LogP) is 4.48. The Morgan fingerprint density at radius 2 is 1.86 bits per heavy atom. The maximum atomic E-state index is 13.2. The first-order chi connectivity index (χ1) is 13.5. The minimum absolute atomic E-state index is 0.0202. The van der Waals surface area contributed by atoms with Gasteiger partial charge in [-0.3, -0.25) is 0 Å². The molecule has 4 bridgehead atoms. The van der Waals surface area contributed by atoms with Crippen molar-refractivity contribution in [3.05, 3.63) is 47.0 Å². The quantitative estimate of drug-likeness (QED) is 0.596. The summed E-state index contributed by atoms with van der Waals surface area (Å²) in [6, 6.07) is 6.23. The molecule has 6 nitrogen and oxygen atoms in total. The SMILES string of the molecule is Fc1ccc(-c2noc(C34CC5CC(C3)CC(n3cnc(Br)n3)(C5)C4)n2)cc1. The van der Waals surface area contributed by atoms with Crippen LogP contribution in [0.15, 0.2) is 39.8 Å². The van der Waals surface area contributed by atoms with Crippen molar-refractivity contribution >= 4 is 15.9 Å². The molecule has 0 saturated heterocycles. The fourth-order valence-electron chi connectivity index (χ4n) is 6.36. The van der Waals surface area contributed by atoms with Gasteiger partial charge >= 0.3 is 0 Å². The maximum absolute atomic E-state index is 13.2. The molecule has 4 fully saturated rings. The van der Waals surface area contributed by atoms with Crippen LogP contribution in [-0.4, -0.2) is 24.9 Å². The molecule has 0 N–H and O–H groups in total. The fourth-order valence-corrected chi connectivity index (χ4v) is 6.62. The molecular formula is C20H19BrFN5O. The van der Waals surface area contributed by atoms with Gasteiger partial charge in [0.25, 0.3) is 0 Å². The van der Waals surface area contributed by atoms with Crippen molar-refractivity contribution in [2.45, 2.75) is 49.5 Å². The molecule has 0 spiro atoms. The van der Waals surface area contributed by atoms with Gasteiger partial charge < -0.3 is 4.52 Å². The Hall–Kier alpha value is -2.09. The van der Waals surface area contributed by atoms with Crippen LogP contribution in [0.3, 0.4) is 0 Å². The summed E-state index contributed by atoms with van der Waals surface area (Å²) >= 11 is 3.39. The Kier molecular flexibility index (Phi) is 3.44. The molecule has 2 aromatic heterocycles. The van der Waals surface area contributed by atoms with Crippen molar-refractivity contribution in [3.63, 3.8) is 0 Å². The molecule has 8 heteroatoms. The molecule has 0 aliphatic heterocycles. The van der Waals surface area contributed by atoms with Gasteiger partial charge in [0, 0.05) is 5.56 Å². The Morgan fingerprint density at radius 1 is 1.11 bits per heavy atom. The van der Waals surface area contributed by atoms with Gasteiger partial charge in [-0.15, -0.1) is 5.10 Å². The Balaban J connectivity index is 1.40. The molecule has 4 aliphatic carbocycles. The second-order valence-electron chi connectivity index (χ2n) is 8.85. The van der Waals surface area contributed by atoms with E-state index in [2.05, 4.69) is 35.9 Å². The molecule has 3 aromatic rings. The lowest BCUT2D eigenvalue weighted by Crippen LogP contribution is -2.58. The third-order valence-electron chi connectivity index (χ3n) is 6.96. The highest BCUT2D eigenvalue weighted by molar-refractivity contribution is 9.10. The van der Waals surface area contributed by atoms with Gasteiger partial charge in [-0.1, -0.05) is 5.16 Å². The van der Waals surface area contributed by atoms with Crippen molar-refractivity contribution in [2.24, 2.45) is 11.8 Å². The van der Waals surface area contributed by atoms with E-state index in [-0.39, 0.29) is 16.8 Å². The molecule has 28 heavy (non-hydrogen) atoms. The number of hydrogen-bond acceptors (Lipinski definition) is 5. The average molecular weight is 444 g/mol. The summed E-state index contributed by atoms with van der Waals surface area (Å²) in [4.78, 5) is 9.08. The lowest BCUT2D eigenvalue weighted by molar-refractivity contribution is -0.0787. The minimum Gasteiger partial charge on any atom is -0.338 e. The molecule has 4 aliphatic rings. The zero-order chi connectivity index (χ0) is 18.9. The van der Waals surface area contributed by atoms with Crippen LogP contribution in [0.4, 0.5) is 4.39 Å². The standard InChI is InChI=1S/C20H19BrFN5O/c21-18-23-11-27(25-18)20-8-12-5-13(9-20)7-19(6-12,10-20)17-24-16(26-28-17)14-1-3-15(22)4-2-14/h1-4,11-13H,5-10H2. The molecule has 0 amide bonds. The van der Waals surface area contributed by atoms with Crippen molar-refractivity contribution in [3.8, 4) is 11.4 Å². The number of rotatable bonds is 3. The second kappa shape index (κ2) is 5.72. The smallest absolute Gasteiger partial charge is 0.233 e. The van der Waals surface area contributed by atoms with Crippen LogP contribution in [-0.2, 0) is 11.0 Å². The third kappa shape index (κ3) is 2.43. The molecular weight excluding hydrogens is 425 g/mol. The summed E-state index contributed by atoms with van der Waals surface area (Å²) < 4.78 is 21.8. The van der Waals surface area contributed by atoms with Gasteiger partial charge in [0.1, 0.15) is 12.1 Å². The van der Waals surface area contributed by atoms with Crippen molar-refractivity contribution in [1.82, 2.24) is 24.9 Å². The molecule has 144 valence electrons. The fraction of sp³-hybridized carbons (Fsp3) is 0.500. The van der Waals surface area contributed by atoms with Crippen LogP contribution in [0.2, 0.25) is 0 Å². The van der Waals surface area contributed by atoms with Crippen LogP contribution in [0, 0.1) is 17.7 Å². The van der Waals surface area contributed by atoms with E-state index >= 15 is 0 Å². The van der Waals surface area contributed by atoms with Gasteiger partial charge in [-0.25, -0.2) is 14.1 Å². The largest absolute Gasteiger partial charge is 0.338 e. The number of aromatic nitrogens is 5. The van der Waals surface area contributed by atoms with Gasteiger partial charge in [0.2, 0.25) is 16.4 Å². The number of benzene rings is 1. The van der Waals surface area contributed by atoms with E-state index < -0.39 is 0 Å². The third-order valence-corrected chi connectivity index (χ3v) is 7.33. The van der Waals surface area contributed by atoms with Gasteiger partial charge in [-0.05, 0) is 90.6 Å². The zero-order valence-electron chi connectivity index (χ0n) is 15.2. The van der Waals surface area contributed by atoms with Gasteiger partial charge in [0.15, 0.2) is 0 Å². The van der Waals surface area contributed by atoms with Crippen LogP contribution in [0.25, 0.3) is 11.4 Å². The van der Waals surface area contributed by atoms with E-state index in [1.54, 1.807) is 12.1 Å². The Morgan fingerprint density at radius 3 is 2.54 bits per heavy atom. The summed E-state index contributed by atoms with van der Waals surface area (Å²) in [7, 11) is 0.